The summed E-state index contributed by atoms with van der Waals surface area (Å²) in [5.74, 6) is 0. The lowest BCUT2D eigenvalue weighted by Crippen LogP contribution is -2.22. The molecule has 108 valence electrons. The van der Waals surface area contributed by atoms with Gasteiger partial charge in [0.1, 0.15) is 5.52 Å². The molecule has 3 aromatic heterocycles. The second kappa shape index (κ2) is 5.26. The summed E-state index contributed by atoms with van der Waals surface area (Å²) in [5, 5.41) is 0. The van der Waals surface area contributed by atoms with E-state index in [1.807, 2.05) is 36.4 Å². The van der Waals surface area contributed by atoms with Crippen LogP contribution >= 0.6 is 43.2 Å². The van der Waals surface area contributed by atoms with Gasteiger partial charge in [-0.1, -0.05) is 39.4 Å². The lowest BCUT2D eigenvalue weighted by atomic mass is 10.2. The third kappa shape index (κ3) is 2.29. The van der Waals surface area contributed by atoms with Crippen LogP contribution in [0.2, 0.25) is 0 Å². The zero-order chi connectivity index (χ0) is 15.3. The van der Waals surface area contributed by atoms with Gasteiger partial charge in [-0.3, -0.25) is 4.79 Å². The number of thiazole rings is 1. The zero-order valence-electron chi connectivity index (χ0n) is 11.0. The fourth-order valence-corrected chi connectivity index (χ4v) is 3.97. The molecule has 0 spiro atoms. The first-order valence-corrected chi connectivity index (χ1v) is 8.76. The molecule has 22 heavy (non-hydrogen) atoms. The van der Waals surface area contributed by atoms with Crippen LogP contribution in [0.4, 0.5) is 0 Å². The molecule has 0 fully saturated rings. The van der Waals surface area contributed by atoms with Gasteiger partial charge >= 0.3 is 0 Å². The Hall–Kier alpha value is -1.57. The highest BCUT2D eigenvalue weighted by Gasteiger charge is 2.12. The molecule has 0 radical (unpaired) electrons. The van der Waals surface area contributed by atoms with Crippen molar-refractivity contribution in [3.05, 3.63) is 65.9 Å². The van der Waals surface area contributed by atoms with Crippen molar-refractivity contribution in [2.45, 2.75) is 0 Å². The molecule has 4 rings (SSSR count). The predicted molar refractivity (Wildman–Crippen MR) is 95.3 cm³/mol. The molecular weight excluding hydrogens is 430 g/mol. The van der Waals surface area contributed by atoms with Crippen LogP contribution in [0.15, 0.2) is 50.3 Å². The number of halogens is 2. The molecule has 4 nitrogen and oxygen atoms in total. The van der Waals surface area contributed by atoms with Crippen molar-refractivity contribution in [3.8, 4) is 0 Å². The summed E-state index contributed by atoms with van der Waals surface area (Å²) in [6.45, 7) is 0. The van der Waals surface area contributed by atoms with Crippen LogP contribution in [0, 0.1) is 0 Å². The Morgan fingerprint density at radius 1 is 1.18 bits per heavy atom. The van der Waals surface area contributed by atoms with Crippen molar-refractivity contribution < 1.29 is 0 Å². The zero-order valence-corrected chi connectivity index (χ0v) is 14.9. The minimum absolute atomic E-state index is 0.0858. The number of hydrogen-bond acceptors (Lipinski definition) is 4. The minimum atomic E-state index is -0.0858. The maximum atomic E-state index is 12.6. The summed E-state index contributed by atoms with van der Waals surface area (Å²) >= 11 is 8.17. The molecule has 0 N–H and O–H groups in total. The summed E-state index contributed by atoms with van der Waals surface area (Å²) in [7, 11) is 0. The van der Waals surface area contributed by atoms with E-state index in [9.17, 15) is 4.79 Å². The highest BCUT2D eigenvalue weighted by Crippen LogP contribution is 2.18. The lowest BCUT2D eigenvalue weighted by molar-refractivity contribution is 1.15. The topological polar surface area (TPSA) is 47.3 Å². The Morgan fingerprint density at radius 2 is 2.05 bits per heavy atom. The van der Waals surface area contributed by atoms with Gasteiger partial charge in [0.15, 0.2) is 10.6 Å². The number of rotatable bonds is 1. The van der Waals surface area contributed by atoms with E-state index in [-0.39, 0.29) is 5.56 Å². The summed E-state index contributed by atoms with van der Waals surface area (Å²) in [6, 6.07) is 9.67. The van der Waals surface area contributed by atoms with Crippen LogP contribution in [0.1, 0.15) is 5.56 Å². The van der Waals surface area contributed by atoms with Gasteiger partial charge in [0.2, 0.25) is 0 Å². The average Bonchev–Trinajstić information content (AvgIpc) is 2.96. The van der Waals surface area contributed by atoms with Crippen LogP contribution in [-0.4, -0.2) is 14.4 Å². The maximum absolute atomic E-state index is 12.6. The lowest BCUT2D eigenvalue weighted by Gasteiger charge is -1.92. The van der Waals surface area contributed by atoms with Crippen LogP contribution in [0.25, 0.3) is 22.2 Å². The van der Waals surface area contributed by atoms with Gasteiger partial charge in [-0.15, -0.1) is 0 Å². The number of hydrogen-bond donors (Lipinski definition) is 0. The van der Waals surface area contributed by atoms with Gasteiger partial charge in [0, 0.05) is 15.1 Å². The molecule has 7 heteroatoms. The monoisotopic (exact) mass is 435 g/mol. The first kappa shape index (κ1) is 14.0. The van der Waals surface area contributed by atoms with Crippen molar-refractivity contribution in [2.75, 3.05) is 0 Å². The van der Waals surface area contributed by atoms with E-state index in [2.05, 4.69) is 41.8 Å². The molecule has 0 aliphatic rings. The van der Waals surface area contributed by atoms with E-state index in [0.717, 1.165) is 14.5 Å². The van der Waals surface area contributed by atoms with E-state index in [4.69, 9.17) is 0 Å². The van der Waals surface area contributed by atoms with E-state index < -0.39 is 0 Å². The molecule has 3 heterocycles. The van der Waals surface area contributed by atoms with E-state index in [0.29, 0.717) is 20.7 Å². The number of nitrogens with zero attached hydrogens (tertiary/aromatic N) is 3. The molecule has 0 atom stereocenters. The van der Waals surface area contributed by atoms with Crippen molar-refractivity contribution in [3.63, 3.8) is 0 Å². The van der Waals surface area contributed by atoms with Crippen molar-refractivity contribution in [1.82, 2.24) is 14.4 Å². The smallest absolute Gasteiger partial charge is 0.267 e. The van der Waals surface area contributed by atoms with Gasteiger partial charge < -0.3 is 0 Å². The quantitative estimate of drug-likeness (QED) is 0.459. The summed E-state index contributed by atoms with van der Waals surface area (Å²) in [5.41, 5.74) is 2.19. The van der Waals surface area contributed by atoms with Gasteiger partial charge in [0.25, 0.3) is 5.56 Å². The molecule has 0 aliphatic heterocycles. The Bertz CT molecular complexity index is 1130. The maximum Gasteiger partial charge on any atom is 0.276 e. The first-order chi connectivity index (χ1) is 10.6. The molecule has 0 aliphatic carbocycles. The highest BCUT2D eigenvalue weighted by atomic mass is 79.9. The van der Waals surface area contributed by atoms with Crippen molar-refractivity contribution in [1.29, 1.82) is 0 Å². The van der Waals surface area contributed by atoms with Crippen molar-refractivity contribution >= 4 is 65.4 Å². The number of benzene rings is 1. The fourth-order valence-electron chi connectivity index (χ4n) is 2.26. The molecule has 0 unspecified atom stereocenters. The predicted octanol–water partition coefficient (Wildman–Crippen LogP) is 3.38. The molecule has 1 aromatic carbocycles. The molecule has 0 amide bonds. The van der Waals surface area contributed by atoms with E-state index >= 15 is 0 Å². The van der Waals surface area contributed by atoms with Gasteiger partial charge in [-0.05, 0) is 45.8 Å². The van der Waals surface area contributed by atoms with E-state index in [1.165, 1.54) is 11.3 Å². The molecular formula is C15H7Br2N3OS. The Kier molecular flexibility index (Phi) is 3.36. The first-order valence-electron chi connectivity index (χ1n) is 6.35. The SMILES string of the molecule is O=c1c(=Cc2cccc(Br)c2)sc2nc3cc(Br)cnc3n12. The van der Waals surface area contributed by atoms with Crippen LogP contribution in [-0.2, 0) is 0 Å². The third-order valence-corrected chi connectivity index (χ3v) is 5.09. The molecule has 0 saturated carbocycles. The minimum Gasteiger partial charge on any atom is -0.267 e. The number of fused-ring (bicyclic) bond motifs is 3. The Morgan fingerprint density at radius 3 is 2.86 bits per heavy atom. The average molecular weight is 437 g/mol. The van der Waals surface area contributed by atoms with Gasteiger partial charge in [0.05, 0.1) is 4.53 Å². The summed E-state index contributed by atoms with van der Waals surface area (Å²) < 4.78 is 4.04. The second-order valence-corrected chi connectivity index (χ2v) is 7.54. The largest absolute Gasteiger partial charge is 0.276 e. The summed E-state index contributed by atoms with van der Waals surface area (Å²) in [4.78, 5) is 22.1. The number of pyridine rings is 1. The van der Waals surface area contributed by atoms with Gasteiger partial charge in [-0.2, -0.15) is 0 Å². The van der Waals surface area contributed by atoms with Crippen LogP contribution < -0.4 is 10.1 Å². The van der Waals surface area contributed by atoms with Crippen molar-refractivity contribution in [2.24, 2.45) is 0 Å². The number of aromatic nitrogens is 3. The van der Waals surface area contributed by atoms with Crippen LogP contribution in [0.3, 0.4) is 0 Å². The van der Waals surface area contributed by atoms with Crippen LogP contribution in [0.5, 0.6) is 0 Å². The Labute approximate surface area is 145 Å². The highest BCUT2D eigenvalue weighted by molar-refractivity contribution is 9.10. The van der Waals surface area contributed by atoms with E-state index in [1.54, 1.807) is 10.6 Å². The molecule has 0 saturated heterocycles. The van der Waals surface area contributed by atoms with Gasteiger partial charge in [-0.25, -0.2) is 14.4 Å². The Balaban J connectivity index is 2.01. The molecule has 0 bridgehead atoms. The summed E-state index contributed by atoms with van der Waals surface area (Å²) in [6.07, 6.45) is 3.54. The molecule has 4 aromatic rings. The standard InChI is InChI=1S/C15H7Br2N3OS/c16-9-3-1-2-8(4-9)5-12-14(21)20-13-11(19-15(20)22-12)6-10(17)7-18-13/h1-7H. The third-order valence-electron chi connectivity index (χ3n) is 3.19. The normalized spacial score (nSPS) is 12.5. The number of imidazole rings is 1. The second-order valence-electron chi connectivity index (χ2n) is 4.70. The fraction of sp³-hybridized carbons (Fsp3) is 0.